The van der Waals surface area contributed by atoms with Crippen molar-refractivity contribution in [3.8, 4) is 6.07 Å². The van der Waals surface area contributed by atoms with E-state index in [1.807, 2.05) is 37.3 Å². The van der Waals surface area contributed by atoms with Crippen LogP contribution in [0.4, 0.5) is 9.52 Å². The number of halogens is 1. The van der Waals surface area contributed by atoms with Gasteiger partial charge in [0.1, 0.15) is 17.5 Å². The number of nitrogens with one attached hydrogen (secondary N) is 1. The first kappa shape index (κ1) is 18.5. The second kappa shape index (κ2) is 8.39. The van der Waals surface area contributed by atoms with E-state index in [9.17, 15) is 14.4 Å². The first-order chi connectivity index (χ1) is 13.0. The van der Waals surface area contributed by atoms with E-state index in [0.29, 0.717) is 11.6 Å². The van der Waals surface area contributed by atoms with E-state index in [1.54, 1.807) is 24.4 Å². The van der Waals surface area contributed by atoms with Crippen molar-refractivity contribution in [2.45, 2.75) is 13.3 Å². The second-order valence-electron chi connectivity index (χ2n) is 5.92. The van der Waals surface area contributed by atoms with Gasteiger partial charge in [0.15, 0.2) is 5.13 Å². The highest BCUT2D eigenvalue weighted by Crippen LogP contribution is 2.22. The van der Waals surface area contributed by atoms with E-state index in [0.717, 1.165) is 21.6 Å². The predicted molar refractivity (Wildman–Crippen MR) is 105 cm³/mol. The lowest BCUT2D eigenvalue weighted by Crippen LogP contribution is -2.13. The maximum absolute atomic E-state index is 13.0. The van der Waals surface area contributed by atoms with Crippen LogP contribution in [0.3, 0.4) is 0 Å². The van der Waals surface area contributed by atoms with E-state index in [-0.39, 0.29) is 11.4 Å². The molecule has 0 saturated heterocycles. The SMILES string of the molecule is Cc1ccccc1/C=C(\C#N)C(=O)Nc1ncc(Cc2ccc(F)cc2)s1. The molecule has 27 heavy (non-hydrogen) atoms. The average Bonchev–Trinajstić information content (AvgIpc) is 3.09. The van der Waals surface area contributed by atoms with Gasteiger partial charge in [-0.2, -0.15) is 5.26 Å². The van der Waals surface area contributed by atoms with Crippen molar-refractivity contribution >= 4 is 28.5 Å². The van der Waals surface area contributed by atoms with Gasteiger partial charge in [0.05, 0.1) is 0 Å². The van der Waals surface area contributed by atoms with Crippen LogP contribution in [0.1, 0.15) is 21.6 Å². The van der Waals surface area contributed by atoms with Gasteiger partial charge in [-0.3, -0.25) is 10.1 Å². The fourth-order valence-corrected chi connectivity index (χ4v) is 3.31. The molecule has 6 heteroatoms. The minimum Gasteiger partial charge on any atom is -0.297 e. The Balaban J connectivity index is 1.70. The Hall–Kier alpha value is -3.30. The topological polar surface area (TPSA) is 65.8 Å². The van der Waals surface area contributed by atoms with Crippen molar-refractivity contribution in [1.82, 2.24) is 4.98 Å². The molecule has 1 N–H and O–H groups in total. The zero-order valence-electron chi connectivity index (χ0n) is 14.6. The largest absolute Gasteiger partial charge is 0.297 e. The number of hydrogen-bond acceptors (Lipinski definition) is 4. The lowest BCUT2D eigenvalue weighted by atomic mass is 10.1. The van der Waals surface area contributed by atoms with Gasteiger partial charge in [-0.25, -0.2) is 9.37 Å². The number of hydrogen-bond donors (Lipinski definition) is 1. The van der Waals surface area contributed by atoms with Crippen molar-refractivity contribution in [3.05, 3.63) is 87.7 Å². The number of benzene rings is 2. The molecule has 0 spiro atoms. The molecule has 0 fully saturated rings. The Morgan fingerprint density at radius 2 is 2.00 bits per heavy atom. The summed E-state index contributed by atoms with van der Waals surface area (Å²) in [6.07, 6.45) is 3.83. The molecule has 0 atom stereocenters. The molecule has 0 unspecified atom stereocenters. The third-order valence-corrected chi connectivity index (χ3v) is 4.83. The molecule has 1 aromatic heterocycles. The zero-order chi connectivity index (χ0) is 19.2. The zero-order valence-corrected chi connectivity index (χ0v) is 15.4. The van der Waals surface area contributed by atoms with Crippen LogP contribution in [0.2, 0.25) is 0 Å². The Kier molecular flexibility index (Phi) is 5.74. The number of aryl methyl sites for hydroxylation is 1. The molecule has 0 aliphatic heterocycles. The number of amides is 1. The van der Waals surface area contributed by atoms with Gasteiger partial charge in [0, 0.05) is 17.5 Å². The van der Waals surface area contributed by atoms with Crippen LogP contribution in [0.5, 0.6) is 0 Å². The fraction of sp³-hybridized carbons (Fsp3) is 0.0952. The molecule has 134 valence electrons. The summed E-state index contributed by atoms with van der Waals surface area (Å²) in [5.41, 5.74) is 2.77. The first-order valence-corrected chi connectivity index (χ1v) is 9.05. The van der Waals surface area contributed by atoms with Crippen LogP contribution in [0.25, 0.3) is 6.08 Å². The Morgan fingerprint density at radius 1 is 1.26 bits per heavy atom. The average molecular weight is 377 g/mol. The van der Waals surface area contributed by atoms with E-state index in [1.165, 1.54) is 23.5 Å². The summed E-state index contributed by atoms with van der Waals surface area (Å²) in [7, 11) is 0. The van der Waals surface area contributed by atoms with Gasteiger partial charge in [0.2, 0.25) is 0 Å². The summed E-state index contributed by atoms with van der Waals surface area (Å²) >= 11 is 1.32. The number of aromatic nitrogens is 1. The lowest BCUT2D eigenvalue weighted by Gasteiger charge is -2.02. The quantitative estimate of drug-likeness (QED) is 0.516. The van der Waals surface area contributed by atoms with Gasteiger partial charge >= 0.3 is 0 Å². The maximum atomic E-state index is 13.0. The summed E-state index contributed by atoms with van der Waals surface area (Å²) in [4.78, 5) is 17.5. The minimum atomic E-state index is -0.497. The maximum Gasteiger partial charge on any atom is 0.268 e. The van der Waals surface area contributed by atoms with E-state index >= 15 is 0 Å². The van der Waals surface area contributed by atoms with Crippen molar-refractivity contribution in [2.24, 2.45) is 0 Å². The molecule has 0 aliphatic rings. The van der Waals surface area contributed by atoms with E-state index < -0.39 is 5.91 Å². The van der Waals surface area contributed by atoms with Crippen molar-refractivity contribution in [2.75, 3.05) is 5.32 Å². The van der Waals surface area contributed by atoms with Crippen molar-refractivity contribution in [3.63, 3.8) is 0 Å². The Labute approximate surface area is 160 Å². The molecule has 1 amide bonds. The molecule has 1 heterocycles. The summed E-state index contributed by atoms with van der Waals surface area (Å²) < 4.78 is 13.0. The summed E-state index contributed by atoms with van der Waals surface area (Å²) in [5, 5.41) is 12.4. The third kappa shape index (κ3) is 4.87. The second-order valence-corrected chi connectivity index (χ2v) is 7.03. The monoisotopic (exact) mass is 377 g/mol. The minimum absolute atomic E-state index is 0.0135. The van der Waals surface area contributed by atoms with Crippen LogP contribution >= 0.6 is 11.3 Å². The smallest absolute Gasteiger partial charge is 0.268 e. The summed E-state index contributed by atoms with van der Waals surface area (Å²) in [6, 6.07) is 15.7. The van der Waals surface area contributed by atoms with Crippen molar-refractivity contribution < 1.29 is 9.18 Å². The number of nitrogens with zero attached hydrogens (tertiary/aromatic N) is 2. The van der Waals surface area contributed by atoms with Crippen LogP contribution in [0, 0.1) is 24.1 Å². The summed E-state index contributed by atoms with van der Waals surface area (Å²) in [5.74, 6) is -0.774. The highest BCUT2D eigenvalue weighted by molar-refractivity contribution is 7.15. The van der Waals surface area contributed by atoms with Gasteiger partial charge in [0.25, 0.3) is 5.91 Å². The number of thiazole rings is 1. The molecule has 4 nitrogen and oxygen atoms in total. The van der Waals surface area contributed by atoms with E-state index in [4.69, 9.17) is 0 Å². The van der Waals surface area contributed by atoms with Gasteiger partial charge in [-0.15, -0.1) is 11.3 Å². The van der Waals surface area contributed by atoms with Crippen LogP contribution in [-0.4, -0.2) is 10.9 Å². The molecule has 0 radical (unpaired) electrons. The molecular weight excluding hydrogens is 361 g/mol. The first-order valence-electron chi connectivity index (χ1n) is 8.23. The Bertz CT molecular complexity index is 1030. The molecule has 0 aliphatic carbocycles. The highest BCUT2D eigenvalue weighted by Gasteiger charge is 2.12. The molecule has 0 bridgehead atoms. The highest BCUT2D eigenvalue weighted by atomic mass is 32.1. The van der Waals surface area contributed by atoms with Gasteiger partial charge in [-0.1, -0.05) is 36.4 Å². The number of anilines is 1. The van der Waals surface area contributed by atoms with Gasteiger partial charge < -0.3 is 0 Å². The molecular formula is C21H16FN3OS. The molecule has 0 saturated carbocycles. The normalized spacial score (nSPS) is 11.1. The lowest BCUT2D eigenvalue weighted by molar-refractivity contribution is -0.112. The van der Waals surface area contributed by atoms with Crippen molar-refractivity contribution in [1.29, 1.82) is 5.26 Å². The molecule has 2 aromatic carbocycles. The van der Waals surface area contributed by atoms with Gasteiger partial charge in [-0.05, 0) is 41.8 Å². The third-order valence-electron chi connectivity index (χ3n) is 3.92. The van der Waals surface area contributed by atoms with Crippen LogP contribution in [-0.2, 0) is 11.2 Å². The standard InChI is InChI=1S/C21H16FN3OS/c1-14-4-2-3-5-16(14)11-17(12-23)20(26)25-21-24-13-19(27-21)10-15-6-8-18(22)9-7-15/h2-9,11,13H,10H2,1H3,(H,24,25,26)/b17-11+. The number of carbonyl (C=O) groups is 1. The molecule has 3 rings (SSSR count). The Morgan fingerprint density at radius 3 is 2.70 bits per heavy atom. The van der Waals surface area contributed by atoms with E-state index in [2.05, 4.69) is 10.3 Å². The number of nitriles is 1. The predicted octanol–water partition coefficient (Wildman–Crippen LogP) is 4.73. The molecule has 3 aromatic rings. The fourth-order valence-electron chi connectivity index (χ4n) is 2.47. The van der Waals surface area contributed by atoms with Crippen LogP contribution in [0.15, 0.2) is 60.3 Å². The number of rotatable bonds is 5. The summed E-state index contributed by atoms with van der Waals surface area (Å²) in [6.45, 7) is 1.92. The van der Waals surface area contributed by atoms with Crippen LogP contribution < -0.4 is 5.32 Å². The number of carbonyl (C=O) groups excluding carboxylic acids is 1.